The lowest BCUT2D eigenvalue weighted by Gasteiger charge is -2.23. The van der Waals surface area contributed by atoms with Gasteiger partial charge in [-0.1, -0.05) is 12.1 Å². The summed E-state index contributed by atoms with van der Waals surface area (Å²) in [4.78, 5) is 35.3. The van der Waals surface area contributed by atoms with Gasteiger partial charge in [-0.3, -0.25) is 14.9 Å². The number of carbonyl (C=O) groups is 3. The molecule has 4 atom stereocenters. The van der Waals surface area contributed by atoms with E-state index in [2.05, 4.69) is 10.6 Å². The van der Waals surface area contributed by atoms with Gasteiger partial charge in [0.1, 0.15) is 17.8 Å². The van der Waals surface area contributed by atoms with Gasteiger partial charge >= 0.3 is 11.9 Å². The third kappa shape index (κ3) is 4.26. The fourth-order valence-electron chi connectivity index (χ4n) is 2.67. The summed E-state index contributed by atoms with van der Waals surface area (Å²) in [6.07, 6.45) is 0. The van der Waals surface area contributed by atoms with Gasteiger partial charge in [-0.2, -0.15) is 0 Å². The average molecular weight is 383 g/mol. The predicted octanol–water partition coefficient (Wildman–Crippen LogP) is -0.144. The Labute approximate surface area is 154 Å². The van der Waals surface area contributed by atoms with Crippen molar-refractivity contribution in [2.24, 2.45) is 5.73 Å². The van der Waals surface area contributed by atoms with Gasteiger partial charge < -0.3 is 26.4 Å². The SMILES string of the molecule is CC1(C)S[C@H]([C@@H](NC(=O)[C@@H](N)c2ccc(O)cc2)C(=O)O)N[C@H]1C(=O)O. The minimum Gasteiger partial charge on any atom is -0.508 e. The van der Waals surface area contributed by atoms with Crippen LogP contribution in [0.15, 0.2) is 24.3 Å². The van der Waals surface area contributed by atoms with Crippen molar-refractivity contribution in [2.75, 3.05) is 0 Å². The summed E-state index contributed by atoms with van der Waals surface area (Å²) < 4.78 is -0.756. The molecule has 1 aromatic carbocycles. The molecule has 0 spiro atoms. The molecule has 1 amide bonds. The Morgan fingerprint density at radius 2 is 1.81 bits per heavy atom. The maximum Gasteiger partial charge on any atom is 0.328 e. The standard InChI is InChI=1S/C16H21N3O6S/c1-16(2)11(15(24)25)19-13(26-16)10(14(22)23)18-12(21)9(17)7-3-5-8(20)6-4-7/h3-6,9-11,13,19-20H,17H2,1-2H3,(H,18,21)(H,22,23)(H,24,25)/t9-,10+,11-,13+/m0/s1. The molecule has 1 aliphatic rings. The van der Waals surface area contributed by atoms with Crippen LogP contribution >= 0.6 is 11.8 Å². The molecule has 10 heteroatoms. The van der Waals surface area contributed by atoms with Crippen molar-refractivity contribution in [3.63, 3.8) is 0 Å². The summed E-state index contributed by atoms with van der Waals surface area (Å²) in [5.41, 5.74) is 6.26. The van der Waals surface area contributed by atoms with Crippen LogP contribution < -0.4 is 16.4 Å². The van der Waals surface area contributed by atoms with Crippen LogP contribution in [0.4, 0.5) is 0 Å². The van der Waals surface area contributed by atoms with E-state index in [-0.39, 0.29) is 5.75 Å². The number of aromatic hydroxyl groups is 1. The van der Waals surface area contributed by atoms with E-state index in [0.717, 1.165) is 11.8 Å². The summed E-state index contributed by atoms with van der Waals surface area (Å²) in [7, 11) is 0. The minimum absolute atomic E-state index is 0.0123. The van der Waals surface area contributed by atoms with Crippen LogP contribution in [0, 0.1) is 0 Å². The first kappa shape index (κ1) is 20.0. The van der Waals surface area contributed by atoms with Crippen molar-refractivity contribution in [1.82, 2.24) is 10.6 Å². The number of nitrogens with two attached hydrogens (primary N) is 1. The monoisotopic (exact) mass is 383 g/mol. The van der Waals surface area contributed by atoms with E-state index in [0.29, 0.717) is 5.56 Å². The molecule has 9 nitrogen and oxygen atoms in total. The lowest BCUT2D eigenvalue weighted by Crippen LogP contribution is -2.55. The van der Waals surface area contributed by atoms with E-state index >= 15 is 0 Å². The number of rotatable bonds is 6. The number of nitrogens with one attached hydrogen (secondary N) is 2. The van der Waals surface area contributed by atoms with Gasteiger partial charge in [-0.25, -0.2) is 4.79 Å². The number of amides is 1. The maximum absolute atomic E-state index is 12.4. The van der Waals surface area contributed by atoms with Gasteiger partial charge in [0, 0.05) is 4.75 Å². The van der Waals surface area contributed by atoms with Crippen molar-refractivity contribution >= 4 is 29.6 Å². The van der Waals surface area contributed by atoms with Crippen molar-refractivity contribution < 1.29 is 29.7 Å². The Hall–Kier alpha value is -2.30. The number of phenols is 1. The molecule has 0 bridgehead atoms. The van der Waals surface area contributed by atoms with Gasteiger partial charge in [-0.05, 0) is 31.5 Å². The molecule has 1 fully saturated rings. The van der Waals surface area contributed by atoms with E-state index in [4.69, 9.17) is 5.73 Å². The topological polar surface area (TPSA) is 162 Å². The van der Waals surface area contributed by atoms with Gasteiger partial charge in [0.25, 0.3) is 0 Å². The van der Waals surface area contributed by atoms with Gasteiger partial charge in [0.15, 0.2) is 6.04 Å². The third-order valence-corrected chi connectivity index (χ3v) is 5.61. The minimum atomic E-state index is -1.36. The van der Waals surface area contributed by atoms with Crippen LogP contribution in [0.2, 0.25) is 0 Å². The molecule has 2 rings (SSSR count). The largest absolute Gasteiger partial charge is 0.508 e. The normalized spacial score (nSPS) is 23.8. The van der Waals surface area contributed by atoms with E-state index in [1.54, 1.807) is 13.8 Å². The van der Waals surface area contributed by atoms with Crippen molar-refractivity contribution in [2.45, 2.75) is 42.1 Å². The molecule has 1 aromatic rings. The van der Waals surface area contributed by atoms with E-state index in [1.807, 2.05) is 0 Å². The Morgan fingerprint density at radius 1 is 1.23 bits per heavy atom. The Morgan fingerprint density at radius 3 is 2.27 bits per heavy atom. The number of aliphatic carboxylic acids is 2. The molecule has 26 heavy (non-hydrogen) atoms. The number of benzene rings is 1. The highest BCUT2D eigenvalue weighted by Gasteiger charge is 2.49. The molecule has 0 saturated carbocycles. The number of carboxylic acid groups (broad SMARTS) is 2. The molecular formula is C16H21N3O6S. The van der Waals surface area contributed by atoms with Crippen LogP contribution in [-0.4, -0.2) is 55.4 Å². The quantitative estimate of drug-likeness (QED) is 0.392. The van der Waals surface area contributed by atoms with E-state index in [1.165, 1.54) is 24.3 Å². The molecule has 142 valence electrons. The number of hydrogen-bond acceptors (Lipinski definition) is 7. The summed E-state index contributed by atoms with van der Waals surface area (Å²) in [6, 6.07) is 2.20. The van der Waals surface area contributed by atoms with Crippen LogP contribution in [0.25, 0.3) is 0 Å². The summed E-state index contributed by atoms with van der Waals surface area (Å²) in [6.45, 7) is 3.37. The first-order chi connectivity index (χ1) is 12.0. The first-order valence-electron chi connectivity index (χ1n) is 7.77. The number of carbonyl (C=O) groups excluding carboxylic acids is 1. The summed E-state index contributed by atoms with van der Waals surface area (Å²) in [5, 5.41) is 32.3. The fraction of sp³-hybridized carbons (Fsp3) is 0.438. The number of carboxylic acids is 2. The maximum atomic E-state index is 12.4. The van der Waals surface area contributed by atoms with Crippen molar-refractivity contribution in [3.05, 3.63) is 29.8 Å². The second kappa shape index (κ2) is 7.52. The summed E-state index contributed by atoms with van der Waals surface area (Å²) >= 11 is 1.13. The lowest BCUT2D eigenvalue weighted by atomic mass is 10.0. The van der Waals surface area contributed by atoms with Crippen LogP contribution in [0.1, 0.15) is 25.5 Å². The molecule has 0 unspecified atom stereocenters. The highest BCUT2D eigenvalue weighted by Crippen LogP contribution is 2.39. The Kier molecular flexibility index (Phi) is 5.79. The first-order valence-corrected chi connectivity index (χ1v) is 8.65. The molecule has 1 aliphatic heterocycles. The highest BCUT2D eigenvalue weighted by molar-refractivity contribution is 8.01. The second-order valence-corrected chi connectivity index (χ2v) is 8.27. The highest BCUT2D eigenvalue weighted by atomic mass is 32.2. The van der Waals surface area contributed by atoms with E-state index in [9.17, 15) is 29.7 Å². The van der Waals surface area contributed by atoms with Gasteiger partial charge in [-0.15, -0.1) is 11.8 Å². The van der Waals surface area contributed by atoms with Gasteiger partial charge in [0.2, 0.25) is 5.91 Å². The predicted molar refractivity (Wildman–Crippen MR) is 94.6 cm³/mol. The molecule has 7 N–H and O–H groups in total. The molecule has 0 aromatic heterocycles. The molecule has 0 radical (unpaired) electrons. The number of hydrogen-bond donors (Lipinski definition) is 6. The van der Waals surface area contributed by atoms with Crippen LogP contribution in [-0.2, 0) is 14.4 Å². The number of phenolic OH excluding ortho intramolecular Hbond substituents is 1. The van der Waals surface area contributed by atoms with Crippen molar-refractivity contribution in [3.8, 4) is 5.75 Å². The Bertz CT molecular complexity index is 708. The molecular weight excluding hydrogens is 362 g/mol. The third-order valence-electron chi connectivity index (χ3n) is 4.11. The Balaban J connectivity index is 2.13. The average Bonchev–Trinajstić information content (AvgIpc) is 2.87. The zero-order chi connectivity index (χ0) is 19.6. The summed E-state index contributed by atoms with van der Waals surface area (Å²) in [5.74, 6) is -3.11. The number of thioether (sulfide) groups is 1. The van der Waals surface area contributed by atoms with Crippen molar-refractivity contribution in [1.29, 1.82) is 0 Å². The second-order valence-electron chi connectivity index (χ2n) is 6.47. The van der Waals surface area contributed by atoms with E-state index < -0.39 is 46.1 Å². The zero-order valence-electron chi connectivity index (χ0n) is 14.2. The smallest absolute Gasteiger partial charge is 0.328 e. The van der Waals surface area contributed by atoms with Crippen LogP contribution in [0.5, 0.6) is 5.75 Å². The molecule has 0 aliphatic carbocycles. The zero-order valence-corrected chi connectivity index (χ0v) is 15.0. The lowest BCUT2D eigenvalue weighted by molar-refractivity contribution is -0.143. The fourth-order valence-corrected chi connectivity index (χ4v) is 4.15. The molecule has 1 saturated heterocycles. The van der Waals surface area contributed by atoms with Gasteiger partial charge in [0.05, 0.1) is 5.37 Å². The molecule has 1 heterocycles. The van der Waals surface area contributed by atoms with Crippen LogP contribution in [0.3, 0.4) is 0 Å².